The molecule has 2 aromatic carbocycles. The first kappa shape index (κ1) is 21.9. The molecular weight excluding hydrogens is 408 g/mol. The normalized spacial score (nSPS) is 15.4. The molecule has 0 saturated carbocycles. The van der Waals surface area contributed by atoms with Crippen molar-refractivity contribution in [1.29, 1.82) is 0 Å². The van der Waals surface area contributed by atoms with Gasteiger partial charge in [0.1, 0.15) is 18.0 Å². The van der Waals surface area contributed by atoms with E-state index in [0.717, 1.165) is 42.6 Å². The number of rotatable bonds is 6. The molecule has 2 aliphatic rings. The number of Topliss-reactive ketones (excluding diaryl/α,β-unsaturated/α-hetero) is 1. The smallest absolute Gasteiger partial charge is 0.265 e. The molecule has 0 aliphatic carbocycles. The fourth-order valence-electron chi connectivity index (χ4n) is 4.37. The molecule has 1 fully saturated rings. The fourth-order valence-corrected chi connectivity index (χ4v) is 4.37. The predicted molar refractivity (Wildman–Crippen MR) is 121 cm³/mol. The molecule has 32 heavy (non-hydrogen) atoms. The monoisotopic (exact) mass is 436 g/mol. The van der Waals surface area contributed by atoms with E-state index in [4.69, 9.17) is 9.47 Å². The molecule has 0 N–H and O–H groups in total. The Morgan fingerprint density at radius 3 is 2.41 bits per heavy atom. The Labute approximate surface area is 187 Å². The van der Waals surface area contributed by atoms with Crippen LogP contribution >= 0.6 is 0 Å². The van der Waals surface area contributed by atoms with Crippen LogP contribution in [0, 0.1) is 20.8 Å². The van der Waals surface area contributed by atoms with Gasteiger partial charge in [0.05, 0.1) is 5.69 Å². The van der Waals surface area contributed by atoms with E-state index in [1.54, 1.807) is 23.1 Å². The molecule has 2 amide bonds. The third kappa shape index (κ3) is 4.47. The van der Waals surface area contributed by atoms with Crippen molar-refractivity contribution in [1.82, 2.24) is 4.90 Å². The second kappa shape index (κ2) is 9.02. The molecule has 7 nitrogen and oxygen atoms in total. The zero-order chi connectivity index (χ0) is 22.8. The highest BCUT2D eigenvalue weighted by atomic mass is 16.5. The first-order valence-electron chi connectivity index (χ1n) is 10.9. The Morgan fingerprint density at radius 1 is 1.03 bits per heavy atom. The number of likely N-dealkylation sites (tertiary alicyclic amines) is 1. The average Bonchev–Trinajstić information content (AvgIpc) is 3.29. The van der Waals surface area contributed by atoms with Crippen molar-refractivity contribution in [2.45, 2.75) is 33.6 Å². The Bertz CT molecular complexity index is 1050. The minimum atomic E-state index is -0.295. The van der Waals surface area contributed by atoms with Crippen LogP contribution in [0.4, 0.5) is 5.69 Å². The zero-order valence-electron chi connectivity index (χ0n) is 18.8. The van der Waals surface area contributed by atoms with E-state index in [-0.39, 0.29) is 37.4 Å². The molecule has 0 unspecified atom stereocenters. The molecule has 0 bridgehead atoms. The number of amides is 2. The standard InChI is InChI=1S/C25H28N2O5/c1-16-10-17(2)25(18(3)11-16)32-14-21(28)19-6-7-22-20(12-19)27(24(30)15-31-22)13-23(29)26-8-4-5-9-26/h6-7,10-12H,4-5,8-9,13-15H2,1-3H3. The summed E-state index contributed by atoms with van der Waals surface area (Å²) in [6.07, 6.45) is 1.97. The second-order valence-electron chi connectivity index (χ2n) is 8.48. The van der Waals surface area contributed by atoms with Crippen molar-refractivity contribution in [3.05, 3.63) is 52.6 Å². The van der Waals surface area contributed by atoms with Crippen LogP contribution in [-0.4, -0.2) is 55.3 Å². The number of hydrogen-bond acceptors (Lipinski definition) is 5. The SMILES string of the molecule is Cc1cc(C)c(OCC(=O)c2ccc3c(c2)N(CC(=O)N2CCCC2)C(=O)CO3)c(C)c1. The maximum Gasteiger partial charge on any atom is 0.265 e. The number of hydrogen-bond donors (Lipinski definition) is 0. The van der Waals surface area contributed by atoms with Gasteiger partial charge < -0.3 is 14.4 Å². The molecule has 0 radical (unpaired) electrons. The molecule has 0 spiro atoms. The number of aryl methyl sites for hydroxylation is 3. The van der Waals surface area contributed by atoms with Gasteiger partial charge in [-0.2, -0.15) is 0 Å². The summed E-state index contributed by atoms with van der Waals surface area (Å²) in [5.74, 6) is 0.599. The van der Waals surface area contributed by atoms with Crippen LogP contribution in [0.5, 0.6) is 11.5 Å². The number of ether oxygens (including phenoxy) is 2. The molecular formula is C25H28N2O5. The average molecular weight is 437 g/mol. The number of anilines is 1. The second-order valence-corrected chi connectivity index (χ2v) is 8.48. The molecule has 2 aliphatic heterocycles. The van der Waals surface area contributed by atoms with Gasteiger partial charge in [-0.3, -0.25) is 19.3 Å². The first-order valence-corrected chi connectivity index (χ1v) is 10.9. The molecule has 0 atom stereocenters. The summed E-state index contributed by atoms with van der Waals surface area (Å²) < 4.78 is 11.4. The maximum atomic E-state index is 12.9. The van der Waals surface area contributed by atoms with Crippen molar-refractivity contribution in [2.24, 2.45) is 0 Å². The lowest BCUT2D eigenvalue weighted by molar-refractivity contribution is -0.131. The minimum Gasteiger partial charge on any atom is -0.485 e. The Hall–Kier alpha value is -3.35. The van der Waals surface area contributed by atoms with E-state index >= 15 is 0 Å². The lowest BCUT2D eigenvalue weighted by Crippen LogP contribution is -2.46. The van der Waals surface area contributed by atoms with Crippen molar-refractivity contribution >= 4 is 23.3 Å². The van der Waals surface area contributed by atoms with Crippen molar-refractivity contribution < 1.29 is 23.9 Å². The first-order chi connectivity index (χ1) is 15.3. The third-order valence-electron chi connectivity index (χ3n) is 5.93. The van der Waals surface area contributed by atoms with Gasteiger partial charge in [0.2, 0.25) is 5.91 Å². The summed E-state index contributed by atoms with van der Waals surface area (Å²) in [4.78, 5) is 41.2. The largest absolute Gasteiger partial charge is 0.485 e. The zero-order valence-corrected chi connectivity index (χ0v) is 18.8. The van der Waals surface area contributed by atoms with Crippen LogP contribution in [0.1, 0.15) is 39.9 Å². The van der Waals surface area contributed by atoms with Gasteiger partial charge in [0, 0.05) is 18.7 Å². The van der Waals surface area contributed by atoms with Gasteiger partial charge in [0.15, 0.2) is 19.0 Å². The van der Waals surface area contributed by atoms with Crippen molar-refractivity contribution in [3.63, 3.8) is 0 Å². The summed E-state index contributed by atoms with van der Waals surface area (Å²) in [5, 5.41) is 0. The van der Waals surface area contributed by atoms with E-state index < -0.39 is 0 Å². The summed E-state index contributed by atoms with van der Waals surface area (Å²) in [6, 6.07) is 8.98. The molecule has 2 heterocycles. The van der Waals surface area contributed by atoms with E-state index in [0.29, 0.717) is 22.7 Å². The molecule has 1 saturated heterocycles. The Balaban J connectivity index is 1.51. The van der Waals surface area contributed by atoms with Gasteiger partial charge in [-0.25, -0.2) is 0 Å². The Kier molecular flexibility index (Phi) is 6.17. The summed E-state index contributed by atoms with van der Waals surface area (Å²) >= 11 is 0. The number of nitrogens with zero attached hydrogens (tertiary/aromatic N) is 2. The van der Waals surface area contributed by atoms with Gasteiger partial charge in [-0.05, 0) is 62.9 Å². The van der Waals surface area contributed by atoms with Crippen LogP contribution in [0.2, 0.25) is 0 Å². The third-order valence-corrected chi connectivity index (χ3v) is 5.93. The maximum absolute atomic E-state index is 12.9. The topological polar surface area (TPSA) is 76.2 Å². The van der Waals surface area contributed by atoms with Crippen LogP contribution in [0.25, 0.3) is 0 Å². The van der Waals surface area contributed by atoms with Crippen molar-refractivity contribution in [2.75, 3.05) is 37.7 Å². The van der Waals surface area contributed by atoms with E-state index in [2.05, 4.69) is 0 Å². The van der Waals surface area contributed by atoms with Gasteiger partial charge in [-0.1, -0.05) is 17.7 Å². The molecule has 4 rings (SSSR count). The predicted octanol–water partition coefficient (Wildman–Crippen LogP) is 3.22. The van der Waals surface area contributed by atoms with Gasteiger partial charge in [0.25, 0.3) is 5.91 Å². The lowest BCUT2D eigenvalue weighted by Gasteiger charge is -2.30. The van der Waals surface area contributed by atoms with Crippen LogP contribution in [-0.2, 0) is 9.59 Å². The highest BCUT2D eigenvalue weighted by Crippen LogP contribution is 2.33. The quantitative estimate of drug-likeness (QED) is 0.650. The summed E-state index contributed by atoms with van der Waals surface area (Å²) in [5.41, 5.74) is 3.95. The van der Waals surface area contributed by atoms with Crippen LogP contribution < -0.4 is 14.4 Å². The van der Waals surface area contributed by atoms with E-state index in [1.165, 1.54) is 4.90 Å². The molecule has 7 heteroatoms. The molecule has 0 aromatic heterocycles. The highest BCUT2D eigenvalue weighted by Gasteiger charge is 2.30. The van der Waals surface area contributed by atoms with Crippen molar-refractivity contribution in [3.8, 4) is 11.5 Å². The number of carbonyl (C=O) groups is 3. The van der Waals surface area contributed by atoms with Gasteiger partial charge >= 0.3 is 0 Å². The van der Waals surface area contributed by atoms with E-state index in [9.17, 15) is 14.4 Å². The summed E-state index contributed by atoms with van der Waals surface area (Å²) in [7, 11) is 0. The van der Waals surface area contributed by atoms with Crippen LogP contribution in [0.15, 0.2) is 30.3 Å². The fraction of sp³-hybridized carbons (Fsp3) is 0.400. The number of carbonyl (C=O) groups excluding carboxylic acids is 3. The number of benzene rings is 2. The summed E-state index contributed by atoms with van der Waals surface area (Å²) in [6.45, 7) is 7.08. The van der Waals surface area contributed by atoms with Crippen LogP contribution in [0.3, 0.4) is 0 Å². The van der Waals surface area contributed by atoms with E-state index in [1.807, 2.05) is 32.9 Å². The molecule has 168 valence electrons. The minimum absolute atomic E-state index is 0.0505. The number of ketones is 1. The molecule has 2 aromatic rings. The highest BCUT2D eigenvalue weighted by molar-refractivity contribution is 6.04. The lowest BCUT2D eigenvalue weighted by atomic mass is 10.1. The van der Waals surface area contributed by atoms with Gasteiger partial charge in [-0.15, -0.1) is 0 Å². The number of fused-ring (bicyclic) bond motifs is 1. The Morgan fingerprint density at radius 2 is 1.72 bits per heavy atom.